The molecule has 110 valence electrons. The number of likely N-dealkylation sites (N-methyl/N-ethyl adjacent to an activating group) is 1. The average Bonchev–Trinajstić information content (AvgIpc) is 2.37. The minimum atomic E-state index is -3.54. The molecule has 0 unspecified atom stereocenters. The fraction of sp³-hybridized carbons (Fsp3) is 0.500. The third-order valence-electron chi connectivity index (χ3n) is 2.63. The van der Waals surface area contributed by atoms with E-state index in [-0.39, 0.29) is 17.0 Å². The van der Waals surface area contributed by atoms with Crippen molar-refractivity contribution in [2.45, 2.75) is 31.3 Å². The van der Waals surface area contributed by atoms with Crippen molar-refractivity contribution in [2.24, 2.45) is 0 Å². The van der Waals surface area contributed by atoms with Crippen molar-refractivity contribution in [1.29, 1.82) is 5.26 Å². The van der Waals surface area contributed by atoms with Crippen LogP contribution in [0.25, 0.3) is 0 Å². The summed E-state index contributed by atoms with van der Waals surface area (Å²) >= 11 is 0. The zero-order valence-electron chi connectivity index (χ0n) is 12.3. The molecule has 0 aliphatic heterocycles. The molecule has 0 fully saturated rings. The molecule has 20 heavy (non-hydrogen) atoms. The van der Waals surface area contributed by atoms with Crippen LogP contribution in [-0.4, -0.2) is 38.5 Å². The molecule has 0 saturated heterocycles. The van der Waals surface area contributed by atoms with Gasteiger partial charge in [-0.15, -0.1) is 0 Å². The zero-order valence-corrected chi connectivity index (χ0v) is 13.1. The molecule has 1 aromatic rings. The highest BCUT2D eigenvalue weighted by atomic mass is 32.2. The summed E-state index contributed by atoms with van der Waals surface area (Å²) in [5.74, 6) is 0. The van der Waals surface area contributed by atoms with E-state index in [1.165, 1.54) is 35.6 Å². The van der Waals surface area contributed by atoms with E-state index in [0.29, 0.717) is 12.2 Å². The van der Waals surface area contributed by atoms with Crippen LogP contribution in [0.1, 0.15) is 26.3 Å². The fourth-order valence-corrected chi connectivity index (χ4v) is 2.64. The molecule has 1 rings (SSSR count). The quantitative estimate of drug-likeness (QED) is 0.833. The molecule has 5 nitrogen and oxygen atoms in total. The average molecular weight is 296 g/mol. The summed E-state index contributed by atoms with van der Waals surface area (Å²) in [7, 11) is -2.02. The lowest BCUT2D eigenvalue weighted by Crippen LogP contribution is -2.32. The Labute approximate surface area is 120 Å². The van der Waals surface area contributed by atoms with E-state index in [2.05, 4.69) is 0 Å². The van der Waals surface area contributed by atoms with Crippen LogP contribution in [0, 0.1) is 11.3 Å². The van der Waals surface area contributed by atoms with Crippen LogP contribution in [0.15, 0.2) is 29.2 Å². The second kappa shape index (κ2) is 6.35. The molecule has 0 radical (unpaired) electrons. The summed E-state index contributed by atoms with van der Waals surface area (Å²) < 4.78 is 31.3. The monoisotopic (exact) mass is 296 g/mol. The van der Waals surface area contributed by atoms with Crippen LogP contribution in [0.4, 0.5) is 0 Å². The third kappa shape index (κ3) is 4.60. The highest BCUT2D eigenvalue weighted by Crippen LogP contribution is 2.15. The number of sulfonamides is 1. The number of nitrogens with zero attached hydrogens (tertiary/aromatic N) is 2. The van der Waals surface area contributed by atoms with Gasteiger partial charge in [-0.1, -0.05) is 0 Å². The Morgan fingerprint density at radius 3 is 2.25 bits per heavy atom. The van der Waals surface area contributed by atoms with Gasteiger partial charge in [0.1, 0.15) is 0 Å². The maximum absolute atomic E-state index is 12.3. The molecule has 0 atom stereocenters. The maximum Gasteiger partial charge on any atom is 0.242 e. The van der Waals surface area contributed by atoms with Gasteiger partial charge in [-0.3, -0.25) is 0 Å². The Balaban J connectivity index is 2.74. The van der Waals surface area contributed by atoms with Crippen LogP contribution >= 0.6 is 0 Å². The summed E-state index contributed by atoms with van der Waals surface area (Å²) in [5, 5.41) is 8.71. The zero-order chi connectivity index (χ0) is 15.4. The van der Waals surface area contributed by atoms with Crippen LogP contribution in [0.3, 0.4) is 0 Å². The molecule has 0 N–H and O–H groups in total. The van der Waals surface area contributed by atoms with Gasteiger partial charge >= 0.3 is 0 Å². The highest BCUT2D eigenvalue weighted by molar-refractivity contribution is 7.89. The summed E-state index contributed by atoms with van der Waals surface area (Å²) in [6.45, 7) is 6.36. The van der Waals surface area contributed by atoms with E-state index in [0.717, 1.165) is 0 Å². The van der Waals surface area contributed by atoms with E-state index in [4.69, 9.17) is 10.00 Å². The summed E-state index contributed by atoms with van der Waals surface area (Å²) in [6, 6.07) is 7.82. The summed E-state index contributed by atoms with van der Waals surface area (Å²) in [5.41, 5.74) is 0.140. The Kier molecular flexibility index (Phi) is 5.28. The molecule has 0 spiro atoms. The molecule has 6 heteroatoms. The molecule has 0 aromatic heterocycles. The van der Waals surface area contributed by atoms with Crippen LogP contribution in [0.5, 0.6) is 0 Å². The Morgan fingerprint density at radius 1 is 1.25 bits per heavy atom. The lowest BCUT2D eigenvalue weighted by Gasteiger charge is -2.22. The van der Waals surface area contributed by atoms with Crippen LogP contribution in [0.2, 0.25) is 0 Å². The first-order valence-electron chi connectivity index (χ1n) is 6.27. The molecule has 0 saturated carbocycles. The van der Waals surface area contributed by atoms with E-state index in [1.807, 2.05) is 26.8 Å². The second-order valence-electron chi connectivity index (χ2n) is 5.42. The maximum atomic E-state index is 12.3. The second-order valence-corrected chi connectivity index (χ2v) is 7.47. The number of rotatable bonds is 5. The predicted octanol–water partition coefficient (Wildman–Crippen LogP) is 1.99. The number of hydrogen-bond acceptors (Lipinski definition) is 4. The minimum Gasteiger partial charge on any atom is -0.374 e. The lowest BCUT2D eigenvalue weighted by molar-refractivity contribution is -0.00529. The molecule has 0 amide bonds. The van der Waals surface area contributed by atoms with Gasteiger partial charge < -0.3 is 4.74 Å². The molecule has 0 aliphatic rings. The van der Waals surface area contributed by atoms with Gasteiger partial charge in [-0.25, -0.2) is 8.42 Å². The molecule has 1 aromatic carbocycles. The third-order valence-corrected chi connectivity index (χ3v) is 4.50. The van der Waals surface area contributed by atoms with Gasteiger partial charge in [0.05, 0.1) is 28.7 Å². The van der Waals surface area contributed by atoms with Gasteiger partial charge in [0.25, 0.3) is 0 Å². The normalized spacial score (nSPS) is 12.4. The summed E-state index contributed by atoms with van der Waals surface area (Å²) in [6.07, 6.45) is 0. The standard InChI is InChI=1S/C14H20N2O3S/c1-14(2,3)19-10-9-16(4)20(17,18)13-7-5-12(11-15)6-8-13/h5-8H,9-10H2,1-4H3. The lowest BCUT2D eigenvalue weighted by atomic mass is 10.2. The van der Waals surface area contributed by atoms with Crippen molar-refractivity contribution in [3.05, 3.63) is 29.8 Å². The van der Waals surface area contributed by atoms with E-state index in [9.17, 15) is 8.42 Å². The molecule has 0 heterocycles. The van der Waals surface area contributed by atoms with Crippen molar-refractivity contribution in [3.8, 4) is 6.07 Å². The fourth-order valence-electron chi connectivity index (χ4n) is 1.48. The first-order chi connectivity index (χ1) is 9.16. The number of benzene rings is 1. The number of nitriles is 1. The van der Waals surface area contributed by atoms with Crippen molar-refractivity contribution >= 4 is 10.0 Å². The Hall–Kier alpha value is -1.42. The van der Waals surface area contributed by atoms with E-state index >= 15 is 0 Å². The first kappa shape index (κ1) is 16.6. The van der Waals surface area contributed by atoms with Crippen molar-refractivity contribution < 1.29 is 13.2 Å². The number of ether oxygens (including phenoxy) is 1. The van der Waals surface area contributed by atoms with E-state index in [1.54, 1.807) is 0 Å². The molecular weight excluding hydrogens is 276 g/mol. The summed E-state index contributed by atoms with van der Waals surface area (Å²) in [4.78, 5) is 0.176. The molecular formula is C14H20N2O3S. The smallest absolute Gasteiger partial charge is 0.242 e. The van der Waals surface area contributed by atoms with Crippen molar-refractivity contribution in [3.63, 3.8) is 0 Å². The first-order valence-corrected chi connectivity index (χ1v) is 7.71. The van der Waals surface area contributed by atoms with Gasteiger partial charge in [0, 0.05) is 13.6 Å². The SMILES string of the molecule is CN(CCOC(C)(C)C)S(=O)(=O)c1ccc(C#N)cc1. The predicted molar refractivity (Wildman–Crippen MR) is 76.7 cm³/mol. The van der Waals surface area contributed by atoms with Crippen LogP contribution < -0.4 is 0 Å². The van der Waals surface area contributed by atoms with Gasteiger partial charge in [-0.2, -0.15) is 9.57 Å². The molecule has 0 aliphatic carbocycles. The van der Waals surface area contributed by atoms with Crippen LogP contribution in [-0.2, 0) is 14.8 Å². The number of hydrogen-bond donors (Lipinski definition) is 0. The Bertz CT molecular complexity index is 580. The topological polar surface area (TPSA) is 70.4 Å². The van der Waals surface area contributed by atoms with Crippen molar-refractivity contribution in [2.75, 3.05) is 20.2 Å². The van der Waals surface area contributed by atoms with Crippen molar-refractivity contribution in [1.82, 2.24) is 4.31 Å². The molecule has 0 bridgehead atoms. The largest absolute Gasteiger partial charge is 0.374 e. The van der Waals surface area contributed by atoms with Gasteiger partial charge in [0.2, 0.25) is 10.0 Å². The minimum absolute atomic E-state index is 0.176. The highest BCUT2D eigenvalue weighted by Gasteiger charge is 2.21. The Morgan fingerprint density at radius 2 is 1.80 bits per heavy atom. The van der Waals surface area contributed by atoms with E-state index < -0.39 is 10.0 Å². The van der Waals surface area contributed by atoms with Gasteiger partial charge in [-0.05, 0) is 45.0 Å². The van der Waals surface area contributed by atoms with Gasteiger partial charge in [0.15, 0.2) is 0 Å².